The molecule has 8 nitrogen and oxygen atoms in total. The zero-order chi connectivity index (χ0) is 16.2. The standard InChI is InChI=1S/C14H12N6O2S/c1-2-22-9-3-4-10-11(5-9)23-14(17-10)18-13(21)7-20-8-16-12(6-15)19-20/h3-5,8H,2,7H2,1H3,(H,17,18,21). The highest BCUT2D eigenvalue weighted by Crippen LogP contribution is 2.29. The molecule has 23 heavy (non-hydrogen) atoms. The number of carbonyl (C=O) groups excluding carboxylic acids is 1. The van der Waals surface area contributed by atoms with Gasteiger partial charge in [0.25, 0.3) is 5.82 Å². The number of nitriles is 1. The SMILES string of the molecule is CCOc1ccc2nc(NC(=O)Cn3cnc(C#N)n3)sc2c1. The molecule has 0 radical (unpaired) electrons. The predicted octanol–water partition coefficient (Wildman–Crippen LogP) is 1.80. The average molecular weight is 328 g/mol. The smallest absolute Gasteiger partial charge is 0.252 e. The third-order valence-electron chi connectivity index (χ3n) is 2.86. The van der Waals surface area contributed by atoms with Crippen LogP contribution in [-0.4, -0.2) is 32.3 Å². The van der Waals surface area contributed by atoms with Gasteiger partial charge in [-0.15, -0.1) is 5.10 Å². The molecule has 0 fully saturated rings. The monoisotopic (exact) mass is 328 g/mol. The van der Waals surface area contributed by atoms with Crippen molar-refractivity contribution < 1.29 is 9.53 Å². The lowest BCUT2D eigenvalue weighted by Crippen LogP contribution is -2.19. The molecule has 0 saturated carbocycles. The van der Waals surface area contributed by atoms with Crippen molar-refractivity contribution in [1.82, 2.24) is 19.7 Å². The molecule has 0 aliphatic rings. The molecule has 0 bridgehead atoms. The Labute approximate surface area is 135 Å². The zero-order valence-electron chi connectivity index (χ0n) is 12.2. The molecule has 1 aromatic carbocycles. The number of nitrogens with one attached hydrogen (secondary N) is 1. The maximum absolute atomic E-state index is 12.0. The van der Waals surface area contributed by atoms with Gasteiger partial charge in [0.05, 0.1) is 16.8 Å². The molecule has 2 heterocycles. The van der Waals surface area contributed by atoms with E-state index in [1.165, 1.54) is 22.3 Å². The number of carbonyl (C=O) groups is 1. The van der Waals surface area contributed by atoms with Crippen LogP contribution in [0.5, 0.6) is 5.75 Å². The molecule has 0 aliphatic heterocycles. The molecule has 0 aliphatic carbocycles. The number of hydrogen-bond donors (Lipinski definition) is 1. The Morgan fingerprint density at radius 1 is 1.52 bits per heavy atom. The van der Waals surface area contributed by atoms with Crippen LogP contribution in [0, 0.1) is 11.3 Å². The van der Waals surface area contributed by atoms with E-state index in [2.05, 4.69) is 20.4 Å². The maximum Gasteiger partial charge on any atom is 0.252 e. The van der Waals surface area contributed by atoms with Crippen molar-refractivity contribution in [2.24, 2.45) is 0 Å². The van der Waals surface area contributed by atoms with Gasteiger partial charge in [0.15, 0.2) is 5.13 Å². The Balaban J connectivity index is 1.70. The topological polar surface area (TPSA) is 106 Å². The van der Waals surface area contributed by atoms with Crippen LogP contribution in [-0.2, 0) is 11.3 Å². The van der Waals surface area contributed by atoms with Gasteiger partial charge in [-0.05, 0) is 25.1 Å². The van der Waals surface area contributed by atoms with Gasteiger partial charge in [-0.25, -0.2) is 14.6 Å². The Morgan fingerprint density at radius 2 is 2.39 bits per heavy atom. The van der Waals surface area contributed by atoms with Gasteiger partial charge < -0.3 is 10.1 Å². The van der Waals surface area contributed by atoms with E-state index >= 15 is 0 Å². The average Bonchev–Trinajstić information content (AvgIpc) is 3.13. The van der Waals surface area contributed by atoms with Crippen LogP contribution in [0.15, 0.2) is 24.5 Å². The first-order chi connectivity index (χ1) is 11.2. The van der Waals surface area contributed by atoms with Crippen LogP contribution in [0.1, 0.15) is 12.7 Å². The number of aromatic nitrogens is 4. The van der Waals surface area contributed by atoms with Gasteiger partial charge in [0.2, 0.25) is 5.91 Å². The molecular formula is C14H12N6O2S. The summed E-state index contributed by atoms with van der Waals surface area (Å²) in [4.78, 5) is 20.1. The lowest BCUT2D eigenvalue weighted by molar-refractivity contribution is -0.116. The minimum Gasteiger partial charge on any atom is -0.494 e. The highest BCUT2D eigenvalue weighted by atomic mass is 32.1. The summed E-state index contributed by atoms with van der Waals surface area (Å²) in [6, 6.07) is 7.39. The minimum atomic E-state index is -0.288. The van der Waals surface area contributed by atoms with Crippen LogP contribution < -0.4 is 10.1 Å². The van der Waals surface area contributed by atoms with Crippen molar-refractivity contribution >= 4 is 32.6 Å². The van der Waals surface area contributed by atoms with Crippen molar-refractivity contribution in [1.29, 1.82) is 5.26 Å². The number of rotatable bonds is 5. The molecule has 9 heteroatoms. The lowest BCUT2D eigenvalue weighted by Gasteiger charge is -2.00. The number of ether oxygens (including phenoxy) is 1. The lowest BCUT2D eigenvalue weighted by atomic mass is 10.3. The second-order valence-corrected chi connectivity index (χ2v) is 5.54. The first kappa shape index (κ1) is 14.9. The van der Waals surface area contributed by atoms with Crippen LogP contribution in [0.25, 0.3) is 10.2 Å². The Kier molecular flexibility index (Phi) is 4.16. The molecule has 0 spiro atoms. The third kappa shape index (κ3) is 3.44. The minimum absolute atomic E-state index is 0.0289. The number of nitrogens with zero attached hydrogens (tertiary/aromatic N) is 5. The molecule has 3 aromatic rings. The molecular weight excluding hydrogens is 316 g/mol. The van der Waals surface area contributed by atoms with Crippen LogP contribution in [0.2, 0.25) is 0 Å². The Bertz CT molecular complexity index is 894. The van der Waals surface area contributed by atoms with E-state index in [0.29, 0.717) is 11.7 Å². The quantitative estimate of drug-likeness (QED) is 0.765. The van der Waals surface area contributed by atoms with E-state index in [-0.39, 0.29) is 18.3 Å². The summed E-state index contributed by atoms with van der Waals surface area (Å²) >= 11 is 1.37. The van der Waals surface area contributed by atoms with Crippen LogP contribution in [0.3, 0.4) is 0 Å². The summed E-state index contributed by atoms with van der Waals surface area (Å²) in [6.07, 6.45) is 1.34. The fourth-order valence-electron chi connectivity index (χ4n) is 1.94. The summed E-state index contributed by atoms with van der Waals surface area (Å²) < 4.78 is 7.67. The fraction of sp³-hybridized carbons (Fsp3) is 0.214. The summed E-state index contributed by atoms with van der Waals surface area (Å²) in [6.45, 7) is 2.48. The second-order valence-electron chi connectivity index (χ2n) is 4.51. The molecule has 2 aromatic heterocycles. The molecule has 0 unspecified atom stereocenters. The molecule has 0 saturated heterocycles. The summed E-state index contributed by atoms with van der Waals surface area (Å²) in [5, 5.41) is 15.7. The van der Waals surface area contributed by atoms with E-state index in [4.69, 9.17) is 10.00 Å². The summed E-state index contributed by atoms with van der Waals surface area (Å²) in [5.41, 5.74) is 0.793. The van der Waals surface area contributed by atoms with E-state index in [1.54, 1.807) is 6.07 Å². The number of amides is 1. The highest BCUT2D eigenvalue weighted by molar-refractivity contribution is 7.22. The number of benzene rings is 1. The number of anilines is 1. The predicted molar refractivity (Wildman–Crippen MR) is 84.2 cm³/mol. The summed E-state index contributed by atoms with van der Waals surface area (Å²) in [5.74, 6) is 0.512. The van der Waals surface area contributed by atoms with Crippen LogP contribution >= 0.6 is 11.3 Å². The van der Waals surface area contributed by atoms with Crippen molar-refractivity contribution in [2.45, 2.75) is 13.5 Å². The summed E-state index contributed by atoms with van der Waals surface area (Å²) in [7, 11) is 0. The van der Waals surface area contributed by atoms with Gasteiger partial charge in [-0.1, -0.05) is 11.3 Å². The van der Waals surface area contributed by atoms with E-state index in [1.807, 2.05) is 25.1 Å². The normalized spacial score (nSPS) is 10.4. The zero-order valence-corrected chi connectivity index (χ0v) is 13.0. The molecule has 0 atom stereocenters. The fourth-order valence-corrected chi connectivity index (χ4v) is 2.85. The third-order valence-corrected chi connectivity index (χ3v) is 3.79. The van der Waals surface area contributed by atoms with Crippen molar-refractivity contribution in [3.63, 3.8) is 0 Å². The highest BCUT2D eigenvalue weighted by Gasteiger charge is 2.10. The van der Waals surface area contributed by atoms with Gasteiger partial charge in [0.1, 0.15) is 24.7 Å². The number of fused-ring (bicyclic) bond motifs is 1. The largest absolute Gasteiger partial charge is 0.494 e. The van der Waals surface area contributed by atoms with Crippen molar-refractivity contribution in [2.75, 3.05) is 11.9 Å². The molecule has 1 N–H and O–H groups in total. The first-order valence-electron chi connectivity index (χ1n) is 6.80. The van der Waals surface area contributed by atoms with E-state index in [9.17, 15) is 4.79 Å². The van der Waals surface area contributed by atoms with Gasteiger partial charge >= 0.3 is 0 Å². The van der Waals surface area contributed by atoms with Gasteiger partial charge in [-0.2, -0.15) is 5.26 Å². The second kappa shape index (κ2) is 6.41. The van der Waals surface area contributed by atoms with E-state index in [0.717, 1.165) is 16.0 Å². The van der Waals surface area contributed by atoms with Gasteiger partial charge in [0, 0.05) is 0 Å². The van der Waals surface area contributed by atoms with E-state index < -0.39 is 0 Å². The molecule has 3 rings (SSSR count). The Morgan fingerprint density at radius 3 is 3.13 bits per heavy atom. The maximum atomic E-state index is 12.0. The number of hydrogen-bond acceptors (Lipinski definition) is 7. The van der Waals surface area contributed by atoms with Crippen LogP contribution in [0.4, 0.5) is 5.13 Å². The van der Waals surface area contributed by atoms with Crippen molar-refractivity contribution in [3.05, 3.63) is 30.4 Å². The van der Waals surface area contributed by atoms with Crippen molar-refractivity contribution in [3.8, 4) is 11.8 Å². The first-order valence-corrected chi connectivity index (χ1v) is 7.62. The molecule has 116 valence electrons. The van der Waals surface area contributed by atoms with Gasteiger partial charge in [-0.3, -0.25) is 4.79 Å². The number of thiazole rings is 1. The molecule has 1 amide bonds. The Hall–Kier alpha value is -2.99.